The summed E-state index contributed by atoms with van der Waals surface area (Å²) in [7, 11) is 0. The first-order chi connectivity index (χ1) is 11.2. The number of hydrogen-bond donors (Lipinski definition) is 6. The summed E-state index contributed by atoms with van der Waals surface area (Å²) in [6.45, 7) is 7.15. The Labute approximate surface area is 141 Å². The first-order valence-corrected chi connectivity index (χ1v) is 7.68. The fourth-order valence-electron chi connectivity index (χ4n) is 2.33. The van der Waals surface area contributed by atoms with Gasteiger partial charge < -0.3 is 30.6 Å². The lowest BCUT2D eigenvalue weighted by Gasteiger charge is -2.28. The van der Waals surface area contributed by atoms with Gasteiger partial charge in [0.2, 0.25) is 0 Å². The molecule has 0 aliphatic heterocycles. The zero-order valence-corrected chi connectivity index (χ0v) is 13.9. The zero-order chi connectivity index (χ0) is 18.4. The third-order valence-electron chi connectivity index (χ3n) is 3.86. The fourth-order valence-corrected chi connectivity index (χ4v) is 2.33. The van der Waals surface area contributed by atoms with Crippen LogP contribution in [0.4, 0.5) is 0 Å². The van der Waals surface area contributed by atoms with Gasteiger partial charge >= 0.3 is 0 Å². The van der Waals surface area contributed by atoms with E-state index < -0.39 is 36.3 Å². The maximum Gasteiger partial charge on any atom is 0.139 e. The van der Waals surface area contributed by atoms with Crippen molar-refractivity contribution in [1.29, 1.82) is 0 Å². The minimum absolute atomic E-state index is 0.00538. The van der Waals surface area contributed by atoms with Crippen molar-refractivity contribution in [3.8, 4) is 0 Å². The Hall–Kier alpha value is -1.70. The quantitative estimate of drug-likeness (QED) is 0.305. The van der Waals surface area contributed by atoms with Crippen LogP contribution < -0.4 is 0 Å². The lowest BCUT2D eigenvalue weighted by atomic mass is 9.96. The first-order valence-electron chi connectivity index (χ1n) is 7.68. The fraction of sp³-hybridized carbons (Fsp3) is 0.444. The predicted molar refractivity (Wildman–Crippen MR) is 91.4 cm³/mol. The van der Waals surface area contributed by atoms with Crippen LogP contribution in [0.5, 0.6) is 0 Å². The molecule has 134 valence electrons. The van der Waals surface area contributed by atoms with E-state index in [1.165, 1.54) is 12.2 Å². The number of benzene rings is 1. The second kappa shape index (κ2) is 8.96. The lowest BCUT2D eigenvalue weighted by molar-refractivity contribution is -0.131. The van der Waals surface area contributed by atoms with Crippen LogP contribution in [0.2, 0.25) is 0 Å². The maximum absolute atomic E-state index is 9.99. The molecule has 0 radical (unpaired) electrons. The van der Waals surface area contributed by atoms with Gasteiger partial charge in [-0.15, -0.1) is 6.58 Å². The molecule has 0 heterocycles. The summed E-state index contributed by atoms with van der Waals surface area (Å²) in [6, 6.07) is 5.48. The summed E-state index contributed by atoms with van der Waals surface area (Å²) in [6.07, 6.45) is -5.93. The Morgan fingerprint density at radius 3 is 2.21 bits per heavy atom. The van der Waals surface area contributed by atoms with Crippen LogP contribution in [-0.4, -0.2) is 61.2 Å². The summed E-state index contributed by atoms with van der Waals surface area (Å²) in [5.41, 5.74) is 2.55. The van der Waals surface area contributed by atoms with Crippen molar-refractivity contribution in [2.45, 2.75) is 50.8 Å². The third-order valence-corrected chi connectivity index (χ3v) is 3.86. The average Bonchev–Trinajstić information content (AvgIpc) is 2.54. The van der Waals surface area contributed by atoms with Gasteiger partial charge in [0.25, 0.3) is 0 Å². The minimum Gasteiger partial charge on any atom is -0.509 e. The molecule has 1 aromatic carbocycles. The van der Waals surface area contributed by atoms with Crippen LogP contribution in [0.25, 0.3) is 6.08 Å². The summed E-state index contributed by atoms with van der Waals surface area (Å²) >= 11 is 0. The highest BCUT2D eigenvalue weighted by Gasteiger charge is 2.35. The normalized spacial score (nSPS) is 18.5. The van der Waals surface area contributed by atoms with Crippen molar-refractivity contribution >= 4 is 6.08 Å². The maximum atomic E-state index is 9.99. The van der Waals surface area contributed by atoms with Crippen molar-refractivity contribution in [2.75, 3.05) is 0 Å². The molecule has 0 aliphatic rings. The molecule has 1 rings (SSSR count). The van der Waals surface area contributed by atoms with E-state index in [4.69, 9.17) is 0 Å². The highest BCUT2D eigenvalue weighted by atomic mass is 16.4. The molecule has 0 spiro atoms. The molecule has 0 aromatic heterocycles. The van der Waals surface area contributed by atoms with Gasteiger partial charge in [0.15, 0.2) is 0 Å². The standard InChI is InChI=1S/C18H26O6/c1-4-5-13(19)15(21)17(23)18(24)16(22)14(20)9-12-7-6-10(2)8-11(12)3/h4,6-9,13,15-24H,1,5H2,2-3H3/t13?,15-,16+,17+,18+/m0/s1. The number of aliphatic hydroxyl groups excluding tert-OH is 6. The monoisotopic (exact) mass is 338 g/mol. The molecule has 1 unspecified atom stereocenters. The van der Waals surface area contributed by atoms with Crippen LogP contribution >= 0.6 is 0 Å². The number of rotatable bonds is 8. The summed E-state index contributed by atoms with van der Waals surface area (Å²) < 4.78 is 0. The predicted octanol–water partition coefficient (Wildman–Crippen LogP) is 0.583. The molecule has 24 heavy (non-hydrogen) atoms. The molecule has 0 aliphatic carbocycles. The van der Waals surface area contributed by atoms with Gasteiger partial charge in [0, 0.05) is 0 Å². The molecule has 0 saturated heterocycles. The molecule has 5 atom stereocenters. The van der Waals surface area contributed by atoms with Gasteiger partial charge in [0.1, 0.15) is 30.2 Å². The summed E-state index contributed by atoms with van der Waals surface area (Å²) in [4.78, 5) is 0. The van der Waals surface area contributed by atoms with Gasteiger partial charge in [-0.2, -0.15) is 0 Å². The van der Waals surface area contributed by atoms with E-state index >= 15 is 0 Å². The smallest absolute Gasteiger partial charge is 0.139 e. The van der Waals surface area contributed by atoms with Crippen LogP contribution in [0, 0.1) is 13.8 Å². The molecule has 6 heteroatoms. The summed E-state index contributed by atoms with van der Waals surface area (Å²) in [5.74, 6) is -0.557. The van der Waals surface area contributed by atoms with E-state index in [2.05, 4.69) is 6.58 Å². The average molecular weight is 338 g/mol. The van der Waals surface area contributed by atoms with Gasteiger partial charge in [-0.25, -0.2) is 0 Å². The largest absolute Gasteiger partial charge is 0.509 e. The SMILES string of the molecule is C=CCC(O)[C@H](O)[C@@H](O)[C@H](O)[C@H](O)C(O)=Cc1ccc(C)cc1C. The third kappa shape index (κ3) is 5.15. The van der Waals surface area contributed by atoms with Crippen LogP contribution in [0.3, 0.4) is 0 Å². The highest BCUT2D eigenvalue weighted by molar-refractivity contribution is 5.56. The van der Waals surface area contributed by atoms with Crippen molar-refractivity contribution in [2.24, 2.45) is 0 Å². The highest BCUT2D eigenvalue weighted by Crippen LogP contribution is 2.18. The molecular weight excluding hydrogens is 312 g/mol. The van der Waals surface area contributed by atoms with E-state index in [9.17, 15) is 30.6 Å². The Bertz CT molecular complexity index is 583. The van der Waals surface area contributed by atoms with E-state index in [-0.39, 0.29) is 6.42 Å². The van der Waals surface area contributed by atoms with Crippen molar-refractivity contribution in [3.05, 3.63) is 53.3 Å². The lowest BCUT2D eigenvalue weighted by Crippen LogP contribution is -2.49. The molecule has 0 bridgehead atoms. The van der Waals surface area contributed by atoms with Gasteiger partial charge in [-0.3, -0.25) is 0 Å². The number of aryl methyl sites for hydroxylation is 2. The van der Waals surface area contributed by atoms with Crippen LogP contribution in [0.15, 0.2) is 36.6 Å². The van der Waals surface area contributed by atoms with Crippen molar-refractivity contribution in [3.63, 3.8) is 0 Å². The molecular formula is C18H26O6. The van der Waals surface area contributed by atoms with Crippen LogP contribution in [0.1, 0.15) is 23.1 Å². The topological polar surface area (TPSA) is 121 Å². The Morgan fingerprint density at radius 2 is 1.67 bits per heavy atom. The van der Waals surface area contributed by atoms with E-state index in [1.54, 1.807) is 6.07 Å². The van der Waals surface area contributed by atoms with Crippen molar-refractivity contribution in [1.82, 2.24) is 0 Å². The van der Waals surface area contributed by atoms with E-state index in [0.29, 0.717) is 5.56 Å². The van der Waals surface area contributed by atoms with Crippen LogP contribution in [-0.2, 0) is 0 Å². The van der Waals surface area contributed by atoms with Gasteiger partial charge in [-0.05, 0) is 37.5 Å². The van der Waals surface area contributed by atoms with Gasteiger partial charge in [0.05, 0.1) is 6.10 Å². The van der Waals surface area contributed by atoms with Crippen molar-refractivity contribution < 1.29 is 30.6 Å². The molecule has 6 nitrogen and oxygen atoms in total. The molecule has 0 saturated carbocycles. The number of aliphatic hydroxyl groups is 6. The first kappa shape index (κ1) is 20.3. The van der Waals surface area contributed by atoms with Gasteiger partial charge in [-0.1, -0.05) is 29.8 Å². The second-order valence-corrected chi connectivity index (χ2v) is 5.94. The molecule has 0 fully saturated rings. The second-order valence-electron chi connectivity index (χ2n) is 5.94. The molecule has 6 N–H and O–H groups in total. The minimum atomic E-state index is -1.87. The Balaban J connectivity index is 2.88. The molecule has 0 amide bonds. The Morgan fingerprint density at radius 1 is 1.04 bits per heavy atom. The zero-order valence-electron chi connectivity index (χ0n) is 13.9. The Kier molecular flexibility index (Phi) is 7.59. The van der Waals surface area contributed by atoms with E-state index in [1.807, 2.05) is 26.0 Å². The van der Waals surface area contributed by atoms with E-state index in [0.717, 1.165) is 11.1 Å². The molecule has 1 aromatic rings. The summed E-state index contributed by atoms with van der Waals surface area (Å²) in [5, 5.41) is 59.1. The number of hydrogen-bond acceptors (Lipinski definition) is 6.